The van der Waals surface area contributed by atoms with Gasteiger partial charge in [-0.1, -0.05) is 0 Å². The first-order valence-electron chi connectivity index (χ1n) is 4.55. The molecule has 4 heteroatoms. The molecule has 2 aromatic rings. The van der Waals surface area contributed by atoms with Crippen molar-refractivity contribution in [3.63, 3.8) is 0 Å². The summed E-state index contributed by atoms with van der Waals surface area (Å²) in [5.74, 6) is 0.921. The maximum Gasteiger partial charge on any atom is 0.122 e. The first kappa shape index (κ1) is 8.87. The van der Waals surface area contributed by atoms with Crippen LogP contribution < -0.4 is 5.32 Å². The summed E-state index contributed by atoms with van der Waals surface area (Å²) in [6.07, 6.45) is 1.67. The highest BCUT2D eigenvalue weighted by molar-refractivity contribution is 5.51. The smallest absolute Gasteiger partial charge is 0.122 e. The second-order valence-electron chi connectivity index (χ2n) is 3.24. The fraction of sp³-hybridized carbons (Fsp3) is 0.300. The van der Waals surface area contributed by atoms with Crippen LogP contribution in [0.5, 0.6) is 0 Å². The molecule has 0 aliphatic carbocycles. The zero-order valence-corrected chi connectivity index (χ0v) is 8.29. The molecule has 0 amide bonds. The van der Waals surface area contributed by atoms with Crippen LogP contribution in [-0.4, -0.2) is 10.2 Å². The van der Waals surface area contributed by atoms with Crippen LogP contribution in [0.4, 0.5) is 5.69 Å². The molecule has 0 atom stereocenters. The molecule has 2 rings (SSSR count). The van der Waals surface area contributed by atoms with Crippen LogP contribution in [0, 0.1) is 13.8 Å². The van der Waals surface area contributed by atoms with Crippen molar-refractivity contribution in [1.29, 1.82) is 0 Å². The largest absolute Gasteiger partial charge is 0.467 e. The SMILES string of the molecule is Cc1n[nH]c(C)c1NCc1ccco1. The van der Waals surface area contributed by atoms with Crippen molar-refractivity contribution in [3.8, 4) is 0 Å². The number of aryl methyl sites for hydroxylation is 2. The third kappa shape index (κ3) is 1.64. The summed E-state index contributed by atoms with van der Waals surface area (Å²) in [4.78, 5) is 0. The van der Waals surface area contributed by atoms with Gasteiger partial charge in [-0.2, -0.15) is 5.10 Å². The third-order valence-corrected chi connectivity index (χ3v) is 2.15. The van der Waals surface area contributed by atoms with Gasteiger partial charge in [-0.05, 0) is 26.0 Å². The van der Waals surface area contributed by atoms with Gasteiger partial charge in [0, 0.05) is 0 Å². The summed E-state index contributed by atoms with van der Waals surface area (Å²) in [6, 6.07) is 3.82. The van der Waals surface area contributed by atoms with Crippen LogP contribution in [0.15, 0.2) is 22.8 Å². The molecule has 0 aliphatic heterocycles. The van der Waals surface area contributed by atoms with Crippen molar-refractivity contribution in [3.05, 3.63) is 35.5 Å². The normalized spacial score (nSPS) is 10.4. The average Bonchev–Trinajstić information content (AvgIpc) is 2.76. The molecular weight excluding hydrogens is 178 g/mol. The van der Waals surface area contributed by atoms with Crippen molar-refractivity contribution in [2.24, 2.45) is 0 Å². The van der Waals surface area contributed by atoms with E-state index in [9.17, 15) is 0 Å². The van der Waals surface area contributed by atoms with Crippen molar-refractivity contribution in [2.45, 2.75) is 20.4 Å². The number of aromatic amines is 1. The Kier molecular flexibility index (Phi) is 2.26. The van der Waals surface area contributed by atoms with E-state index in [1.807, 2.05) is 26.0 Å². The summed E-state index contributed by atoms with van der Waals surface area (Å²) in [5, 5.41) is 10.3. The van der Waals surface area contributed by atoms with Gasteiger partial charge < -0.3 is 9.73 Å². The number of hydrogen-bond donors (Lipinski definition) is 2. The Balaban J connectivity index is 2.05. The zero-order chi connectivity index (χ0) is 9.97. The molecule has 0 unspecified atom stereocenters. The summed E-state index contributed by atoms with van der Waals surface area (Å²) in [6.45, 7) is 4.65. The molecule has 0 aromatic carbocycles. The van der Waals surface area contributed by atoms with E-state index in [2.05, 4.69) is 15.5 Å². The van der Waals surface area contributed by atoms with Crippen molar-refractivity contribution in [2.75, 3.05) is 5.32 Å². The fourth-order valence-corrected chi connectivity index (χ4v) is 1.40. The van der Waals surface area contributed by atoms with Gasteiger partial charge in [-0.15, -0.1) is 0 Å². The number of furan rings is 1. The minimum Gasteiger partial charge on any atom is -0.467 e. The molecule has 0 saturated carbocycles. The van der Waals surface area contributed by atoms with Crippen LogP contribution in [0.25, 0.3) is 0 Å². The second-order valence-corrected chi connectivity index (χ2v) is 3.24. The Bertz CT molecular complexity index is 383. The molecular formula is C10H13N3O. The molecule has 0 radical (unpaired) electrons. The van der Waals surface area contributed by atoms with Crippen LogP contribution in [-0.2, 0) is 6.54 Å². The number of H-pyrrole nitrogens is 1. The quantitative estimate of drug-likeness (QED) is 0.782. The monoisotopic (exact) mass is 191 g/mol. The van der Waals surface area contributed by atoms with E-state index in [4.69, 9.17) is 4.42 Å². The van der Waals surface area contributed by atoms with E-state index in [0.29, 0.717) is 6.54 Å². The minimum absolute atomic E-state index is 0.689. The first-order chi connectivity index (χ1) is 6.77. The van der Waals surface area contributed by atoms with Gasteiger partial charge in [0.25, 0.3) is 0 Å². The molecule has 14 heavy (non-hydrogen) atoms. The first-order valence-corrected chi connectivity index (χ1v) is 4.55. The van der Waals surface area contributed by atoms with E-state index in [-0.39, 0.29) is 0 Å². The number of anilines is 1. The lowest BCUT2D eigenvalue weighted by Crippen LogP contribution is -1.99. The van der Waals surface area contributed by atoms with Crippen molar-refractivity contribution < 1.29 is 4.42 Å². The van der Waals surface area contributed by atoms with Gasteiger partial charge in [0.15, 0.2) is 0 Å². The predicted octanol–water partition coefficient (Wildman–Crippen LogP) is 2.23. The molecule has 4 nitrogen and oxygen atoms in total. The molecule has 0 saturated heterocycles. The number of aromatic nitrogens is 2. The summed E-state index contributed by atoms with van der Waals surface area (Å²) >= 11 is 0. The van der Waals surface area contributed by atoms with Gasteiger partial charge in [0.1, 0.15) is 5.76 Å². The van der Waals surface area contributed by atoms with E-state index >= 15 is 0 Å². The number of hydrogen-bond acceptors (Lipinski definition) is 3. The Morgan fingerprint density at radius 3 is 2.93 bits per heavy atom. The number of rotatable bonds is 3. The highest BCUT2D eigenvalue weighted by Gasteiger charge is 2.05. The molecule has 0 fully saturated rings. The van der Waals surface area contributed by atoms with Gasteiger partial charge >= 0.3 is 0 Å². The van der Waals surface area contributed by atoms with Crippen molar-refractivity contribution >= 4 is 5.69 Å². The maximum atomic E-state index is 5.22. The van der Waals surface area contributed by atoms with Gasteiger partial charge in [0.2, 0.25) is 0 Å². The minimum atomic E-state index is 0.689. The molecule has 2 aromatic heterocycles. The summed E-state index contributed by atoms with van der Waals surface area (Å²) < 4.78 is 5.22. The van der Waals surface area contributed by atoms with Crippen molar-refractivity contribution in [1.82, 2.24) is 10.2 Å². The van der Waals surface area contributed by atoms with E-state index < -0.39 is 0 Å². The molecule has 0 spiro atoms. The molecule has 0 bridgehead atoms. The average molecular weight is 191 g/mol. The second kappa shape index (κ2) is 3.57. The standard InChI is InChI=1S/C10H13N3O/c1-7-10(8(2)13-12-7)11-6-9-4-3-5-14-9/h3-5,11H,6H2,1-2H3,(H,12,13). The van der Waals surface area contributed by atoms with Crippen LogP contribution in [0.2, 0.25) is 0 Å². The van der Waals surface area contributed by atoms with Crippen LogP contribution >= 0.6 is 0 Å². The lowest BCUT2D eigenvalue weighted by molar-refractivity contribution is 0.518. The van der Waals surface area contributed by atoms with Crippen LogP contribution in [0.3, 0.4) is 0 Å². The topological polar surface area (TPSA) is 53.9 Å². The molecule has 2 N–H and O–H groups in total. The Morgan fingerprint density at radius 2 is 2.36 bits per heavy atom. The molecule has 74 valence electrons. The van der Waals surface area contributed by atoms with Gasteiger partial charge in [-0.3, -0.25) is 5.10 Å². The molecule has 2 heterocycles. The van der Waals surface area contributed by atoms with Crippen LogP contribution in [0.1, 0.15) is 17.1 Å². The van der Waals surface area contributed by atoms with E-state index in [1.165, 1.54) is 0 Å². The lowest BCUT2D eigenvalue weighted by Gasteiger charge is -2.03. The Labute approximate surface area is 82.3 Å². The lowest BCUT2D eigenvalue weighted by atomic mass is 10.3. The van der Waals surface area contributed by atoms with E-state index in [1.54, 1.807) is 6.26 Å². The third-order valence-electron chi connectivity index (χ3n) is 2.15. The highest BCUT2D eigenvalue weighted by atomic mass is 16.3. The van der Waals surface area contributed by atoms with Gasteiger partial charge in [0.05, 0.1) is 29.9 Å². The number of nitrogens with one attached hydrogen (secondary N) is 2. The predicted molar refractivity (Wildman–Crippen MR) is 54.1 cm³/mol. The maximum absolute atomic E-state index is 5.22. The van der Waals surface area contributed by atoms with E-state index in [0.717, 1.165) is 22.8 Å². The highest BCUT2D eigenvalue weighted by Crippen LogP contribution is 2.17. The fourth-order valence-electron chi connectivity index (χ4n) is 1.40. The number of nitrogens with zero attached hydrogens (tertiary/aromatic N) is 1. The summed E-state index contributed by atoms with van der Waals surface area (Å²) in [7, 11) is 0. The Hall–Kier alpha value is -1.71. The zero-order valence-electron chi connectivity index (χ0n) is 8.29. The summed E-state index contributed by atoms with van der Waals surface area (Å²) in [5.41, 5.74) is 3.09. The Morgan fingerprint density at radius 1 is 1.50 bits per heavy atom. The molecule has 0 aliphatic rings. The van der Waals surface area contributed by atoms with Gasteiger partial charge in [-0.25, -0.2) is 0 Å².